The van der Waals surface area contributed by atoms with Crippen LogP contribution in [0.5, 0.6) is 11.5 Å². The summed E-state index contributed by atoms with van der Waals surface area (Å²) in [6, 6.07) is 15.3. The van der Waals surface area contributed by atoms with Gasteiger partial charge in [0.1, 0.15) is 11.5 Å². The van der Waals surface area contributed by atoms with Crippen molar-refractivity contribution < 1.29 is 14.3 Å². The highest BCUT2D eigenvalue weighted by atomic mass is 16.5. The molecule has 0 unspecified atom stereocenters. The third-order valence-corrected chi connectivity index (χ3v) is 5.89. The fourth-order valence-electron chi connectivity index (χ4n) is 4.24. The van der Waals surface area contributed by atoms with Crippen LogP contribution in [-0.2, 0) is 15.0 Å². The van der Waals surface area contributed by atoms with Crippen LogP contribution in [0.15, 0.2) is 48.5 Å². The Balaban J connectivity index is 1.48. The third-order valence-electron chi connectivity index (χ3n) is 5.89. The summed E-state index contributed by atoms with van der Waals surface area (Å²) >= 11 is 0. The van der Waals surface area contributed by atoms with Crippen LogP contribution < -0.4 is 9.64 Å². The Morgan fingerprint density at radius 1 is 0.786 bits per heavy atom. The van der Waals surface area contributed by atoms with Crippen LogP contribution in [0.2, 0.25) is 0 Å². The molecule has 2 amide bonds. The summed E-state index contributed by atoms with van der Waals surface area (Å²) in [6.07, 6.45) is 3.73. The van der Waals surface area contributed by atoms with Crippen LogP contribution in [0.4, 0.5) is 5.69 Å². The van der Waals surface area contributed by atoms with Gasteiger partial charge in [0.2, 0.25) is 11.8 Å². The topological polar surface area (TPSA) is 46.6 Å². The predicted octanol–water partition coefficient (Wildman–Crippen LogP) is 5.46. The molecular formula is C24H27NO3. The van der Waals surface area contributed by atoms with E-state index in [2.05, 4.69) is 32.9 Å². The van der Waals surface area contributed by atoms with Crippen molar-refractivity contribution in [1.29, 1.82) is 0 Å². The van der Waals surface area contributed by atoms with Gasteiger partial charge in [-0.15, -0.1) is 0 Å². The van der Waals surface area contributed by atoms with Crippen LogP contribution in [-0.4, -0.2) is 11.8 Å². The summed E-state index contributed by atoms with van der Waals surface area (Å²) in [5, 5.41) is 0. The number of benzene rings is 2. The Morgan fingerprint density at radius 3 is 1.71 bits per heavy atom. The Bertz CT molecular complexity index is 854. The van der Waals surface area contributed by atoms with Crippen LogP contribution in [0.1, 0.15) is 52.0 Å². The summed E-state index contributed by atoms with van der Waals surface area (Å²) in [5.74, 6) is 1.11. The number of nitrogens with zero attached hydrogens (tertiary/aromatic N) is 1. The van der Waals surface area contributed by atoms with E-state index in [1.165, 1.54) is 10.5 Å². The second kappa shape index (κ2) is 7.08. The first kappa shape index (κ1) is 18.7. The number of amides is 2. The van der Waals surface area contributed by atoms with E-state index < -0.39 is 0 Å². The smallest absolute Gasteiger partial charge is 0.237 e. The molecule has 146 valence electrons. The molecule has 4 rings (SSSR count). The zero-order valence-corrected chi connectivity index (χ0v) is 16.8. The molecule has 0 radical (unpaired) electrons. The van der Waals surface area contributed by atoms with Crippen LogP contribution in [0.3, 0.4) is 0 Å². The lowest BCUT2D eigenvalue weighted by atomic mass is 9.81. The van der Waals surface area contributed by atoms with Crippen molar-refractivity contribution in [2.75, 3.05) is 4.90 Å². The quantitative estimate of drug-likeness (QED) is 0.668. The molecule has 1 aliphatic heterocycles. The summed E-state index contributed by atoms with van der Waals surface area (Å²) in [4.78, 5) is 26.8. The van der Waals surface area contributed by atoms with Gasteiger partial charge < -0.3 is 4.74 Å². The second-order valence-electron chi connectivity index (χ2n) is 8.88. The van der Waals surface area contributed by atoms with Crippen molar-refractivity contribution in [2.24, 2.45) is 11.8 Å². The van der Waals surface area contributed by atoms with Gasteiger partial charge in [-0.25, -0.2) is 0 Å². The lowest BCUT2D eigenvalue weighted by Gasteiger charge is -2.19. The van der Waals surface area contributed by atoms with Gasteiger partial charge in [0, 0.05) is 0 Å². The highest BCUT2D eigenvalue weighted by Gasteiger charge is 2.48. The van der Waals surface area contributed by atoms with E-state index in [1.54, 1.807) is 12.1 Å². The van der Waals surface area contributed by atoms with Crippen molar-refractivity contribution in [3.05, 3.63) is 54.1 Å². The standard InChI is InChI=1S/C24H27NO3/c1-24(2,3)16-8-12-18(13-9-16)28-19-14-10-17(11-15-19)25-22(26)20-6-4-5-7-21(20)23(25)27/h8-15,20-21H,4-7H2,1-3H3/t20-,21-/m0/s1. The molecule has 1 heterocycles. The fraction of sp³-hybridized carbons (Fsp3) is 0.417. The maximum absolute atomic E-state index is 12.7. The van der Waals surface area contributed by atoms with E-state index in [0.717, 1.165) is 31.4 Å². The Kier molecular flexibility index (Phi) is 4.74. The Morgan fingerprint density at radius 2 is 1.25 bits per heavy atom. The lowest BCUT2D eigenvalue weighted by Crippen LogP contribution is -2.30. The molecule has 2 aromatic carbocycles. The number of imide groups is 1. The molecule has 2 fully saturated rings. The minimum absolute atomic E-state index is 0.0406. The van der Waals surface area contributed by atoms with Crippen LogP contribution in [0, 0.1) is 11.8 Å². The number of anilines is 1. The van der Waals surface area contributed by atoms with Crippen molar-refractivity contribution in [1.82, 2.24) is 0 Å². The molecule has 4 heteroatoms. The van der Waals surface area contributed by atoms with Gasteiger partial charge in [-0.2, -0.15) is 0 Å². The van der Waals surface area contributed by atoms with E-state index >= 15 is 0 Å². The first-order chi connectivity index (χ1) is 13.3. The molecule has 2 atom stereocenters. The fourth-order valence-corrected chi connectivity index (χ4v) is 4.24. The van der Waals surface area contributed by atoms with Crippen molar-refractivity contribution >= 4 is 17.5 Å². The van der Waals surface area contributed by atoms with Gasteiger partial charge in [-0.1, -0.05) is 45.7 Å². The molecule has 28 heavy (non-hydrogen) atoms. The summed E-state index contributed by atoms with van der Waals surface area (Å²) in [5.41, 5.74) is 1.99. The first-order valence-corrected chi connectivity index (χ1v) is 10.1. The average Bonchev–Trinajstić information content (AvgIpc) is 2.93. The molecule has 0 spiro atoms. The molecule has 0 aromatic heterocycles. The number of hydrogen-bond donors (Lipinski definition) is 0. The summed E-state index contributed by atoms with van der Waals surface area (Å²) in [7, 11) is 0. The molecule has 0 N–H and O–H groups in total. The van der Waals surface area contributed by atoms with Crippen LogP contribution >= 0.6 is 0 Å². The van der Waals surface area contributed by atoms with Crippen molar-refractivity contribution in [3.63, 3.8) is 0 Å². The normalized spacial score (nSPS) is 22.3. The largest absolute Gasteiger partial charge is 0.457 e. The minimum atomic E-state index is -0.126. The van der Waals surface area contributed by atoms with Gasteiger partial charge in [0.05, 0.1) is 17.5 Å². The number of carbonyl (C=O) groups is 2. The van der Waals surface area contributed by atoms with Gasteiger partial charge in [0.15, 0.2) is 0 Å². The average molecular weight is 377 g/mol. The number of rotatable bonds is 3. The van der Waals surface area contributed by atoms with Crippen LogP contribution in [0.25, 0.3) is 0 Å². The summed E-state index contributed by atoms with van der Waals surface area (Å²) in [6.45, 7) is 6.54. The van der Waals surface area contributed by atoms with E-state index in [4.69, 9.17) is 4.74 Å². The molecule has 0 bridgehead atoms. The third kappa shape index (κ3) is 3.44. The first-order valence-electron chi connectivity index (χ1n) is 10.1. The van der Waals surface area contributed by atoms with E-state index in [0.29, 0.717) is 11.4 Å². The van der Waals surface area contributed by atoms with Gasteiger partial charge in [-0.3, -0.25) is 14.5 Å². The number of ether oxygens (including phenoxy) is 1. The van der Waals surface area contributed by atoms with E-state index in [1.807, 2.05) is 24.3 Å². The summed E-state index contributed by atoms with van der Waals surface area (Å²) < 4.78 is 5.92. The zero-order chi connectivity index (χ0) is 19.9. The SMILES string of the molecule is CC(C)(C)c1ccc(Oc2ccc(N3C(=O)[C@H]4CCCC[C@@H]4C3=O)cc2)cc1. The zero-order valence-electron chi connectivity index (χ0n) is 16.8. The number of fused-ring (bicyclic) bond motifs is 1. The predicted molar refractivity (Wildman–Crippen MR) is 110 cm³/mol. The molecule has 2 aliphatic rings. The molecule has 1 saturated carbocycles. The van der Waals surface area contributed by atoms with E-state index in [9.17, 15) is 9.59 Å². The Hall–Kier alpha value is -2.62. The van der Waals surface area contributed by atoms with Gasteiger partial charge >= 0.3 is 0 Å². The van der Waals surface area contributed by atoms with Gasteiger partial charge in [0.25, 0.3) is 0 Å². The molecule has 1 saturated heterocycles. The van der Waals surface area contributed by atoms with Crippen molar-refractivity contribution in [3.8, 4) is 11.5 Å². The second-order valence-corrected chi connectivity index (χ2v) is 8.88. The van der Waals surface area contributed by atoms with Gasteiger partial charge in [-0.05, 0) is 60.2 Å². The van der Waals surface area contributed by atoms with E-state index in [-0.39, 0.29) is 29.1 Å². The number of hydrogen-bond acceptors (Lipinski definition) is 3. The maximum atomic E-state index is 12.7. The minimum Gasteiger partial charge on any atom is -0.457 e. The molecule has 2 aromatic rings. The highest BCUT2D eigenvalue weighted by molar-refractivity contribution is 6.22. The molecular weight excluding hydrogens is 350 g/mol. The lowest BCUT2D eigenvalue weighted by molar-refractivity contribution is -0.122. The van der Waals surface area contributed by atoms with Crippen molar-refractivity contribution in [2.45, 2.75) is 51.9 Å². The highest BCUT2D eigenvalue weighted by Crippen LogP contribution is 2.40. The molecule has 1 aliphatic carbocycles. The maximum Gasteiger partial charge on any atom is 0.237 e. The molecule has 4 nitrogen and oxygen atoms in total. The Labute approximate surface area is 166 Å². The monoisotopic (exact) mass is 377 g/mol. The number of carbonyl (C=O) groups excluding carboxylic acids is 2.